The van der Waals surface area contributed by atoms with Crippen LogP contribution in [-0.4, -0.2) is 22.2 Å². The van der Waals surface area contributed by atoms with E-state index in [1.807, 2.05) is 0 Å². The van der Waals surface area contributed by atoms with Gasteiger partial charge in [0.15, 0.2) is 0 Å². The number of aliphatic hydroxyl groups is 1. The smallest absolute Gasteiger partial charge is 0.393 e. The van der Waals surface area contributed by atoms with Gasteiger partial charge in [0.05, 0.1) is 11.7 Å². The van der Waals surface area contributed by atoms with Gasteiger partial charge in [-0.25, -0.2) is 0 Å². The molecule has 0 radical (unpaired) electrons. The molecule has 0 unspecified atom stereocenters. The number of alkyl halides is 3. The van der Waals surface area contributed by atoms with Gasteiger partial charge in [-0.2, -0.15) is 13.2 Å². The van der Waals surface area contributed by atoms with Gasteiger partial charge in [-0.15, -0.1) is 0 Å². The predicted molar refractivity (Wildman–Crippen MR) is 79.2 cm³/mol. The Balaban J connectivity index is 2.18. The maximum Gasteiger partial charge on any atom is 0.417 e. The normalized spacial score (nSPS) is 22.9. The van der Waals surface area contributed by atoms with Gasteiger partial charge < -0.3 is 16.2 Å². The Kier molecular flexibility index (Phi) is 4.73. The average Bonchev–Trinajstić information content (AvgIpc) is 2.40. The molecule has 1 saturated carbocycles. The summed E-state index contributed by atoms with van der Waals surface area (Å²) in [7, 11) is 0. The van der Waals surface area contributed by atoms with E-state index in [2.05, 4.69) is 5.32 Å². The van der Waals surface area contributed by atoms with Gasteiger partial charge in [0.2, 0.25) is 0 Å². The molecule has 1 aliphatic rings. The standard InChI is InChI=1S/C14H17F3N2OS/c15-14(16,17)12-6-3-9(7-11(12)13(18)21)19-8-1-4-10(20)5-2-8/h3,6-8,10,19-20H,1-2,4-5H2,(H2,18,21). The SMILES string of the molecule is NC(=S)c1cc(NC2CCC(O)CC2)ccc1C(F)(F)F. The van der Waals surface area contributed by atoms with E-state index in [0.717, 1.165) is 18.9 Å². The zero-order chi connectivity index (χ0) is 15.6. The van der Waals surface area contributed by atoms with E-state index in [0.29, 0.717) is 18.5 Å². The summed E-state index contributed by atoms with van der Waals surface area (Å²) >= 11 is 4.71. The fourth-order valence-corrected chi connectivity index (χ4v) is 2.71. The molecular weight excluding hydrogens is 301 g/mol. The summed E-state index contributed by atoms with van der Waals surface area (Å²) in [6.07, 6.45) is -1.80. The van der Waals surface area contributed by atoms with Crippen molar-refractivity contribution in [1.29, 1.82) is 0 Å². The Hall–Kier alpha value is -1.34. The second kappa shape index (κ2) is 6.19. The molecule has 0 saturated heterocycles. The lowest BCUT2D eigenvalue weighted by Gasteiger charge is -2.27. The van der Waals surface area contributed by atoms with Crippen molar-refractivity contribution in [2.75, 3.05) is 5.32 Å². The highest BCUT2D eigenvalue weighted by Crippen LogP contribution is 2.34. The van der Waals surface area contributed by atoms with Crippen molar-refractivity contribution in [3.8, 4) is 0 Å². The lowest BCUT2D eigenvalue weighted by Crippen LogP contribution is -2.28. The molecule has 0 atom stereocenters. The number of hydrogen-bond acceptors (Lipinski definition) is 3. The van der Waals surface area contributed by atoms with Crippen LogP contribution >= 0.6 is 12.2 Å². The second-order valence-corrected chi connectivity index (χ2v) is 5.71. The van der Waals surface area contributed by atoms with Gasteiger partial charge in [-0.05, 0) is 43.9 Å². The molecule has 1 aliphatic carbocycles. The third kappa shape index (κ3) is 4.07. The van der Waals surface area contributed by atoms with Crippen molar-refractivity contribution >= 4 is 22.9 Å². The van der Waals surface area contributed by atoms with E-state index >= 15 is 0 Å². The number of benzene rings is 1. The largest absolute Gasteiger partial charge is 0.417 e. The molecule has 0 spiro atoms. The van der Waals surface area contributed by atoms with Gasteiger partial charge in [0.1, 0.15) is 4.99 Å². The maximum absolute atomic E-state index is 12.9. The quantitative estimate of drug-likeness (QED) is 0.750. The molecule has 1 fully saturated rings. The minimum absolute atomic E-state index is 0.143. The molecule has 116 valence electrons. The molecule has 7 heteroatoms. The van der Waals surface area contributed by atoms with E-state index in [4.69, 9.17) is 18.0 Å². The van der Waals surface area contributed by atoms with Crippen LogP contribution in [-0.2, 0) is 6.18 Å². The van der Waals surface area contributed by atoms with E-state index in [1.165, 1.54) is 12.1 Å². The number of rotatable bonds is 3. The fourth-order valence-electron chi connectivity index (χ4n) is 2.54. The van der Waals surface area contributed by atoms with Crippen molar-refractivity contribution in [3.63, 3.8) is 0 Å². The number of halogens is 3. The lowest BCUT2D eigenvalue weighted by atomic mass is 9.93. The molecule has 4 N–H and O–H groups in total. The van der Waals surface area contributed by atoms with Crippen molar-refractivity contribution in [3.05, 3.63) is 29.3 Å². The highest BCUT2D eigenvalue weighted by atomic mass is 32.1. The molecule has 1 aromatic carbocycles. The Bertz CT molecular complexity index is 525. The van der Waals surface area contributed by atoms with Crippen LogP contribution in [0, 0.1) is 0 Å². The molecule has 0 amide bonds. The second-order valence-electron chi connectivity index (χ2n) is 5.27. The fraction of sp³-hybridized carbons (Fsp3) is 0.500. The summed E-state index contributed by atoms with van der Waals surface area (Å²) in [5, 5.41) is 12.6. The van der Waals surface area contributed by atoms with Crippen LogP contribution in [0.5, 0.6) is 0 Å². The van der Waals surface area contributed by atoms with Gasteiger partial charge in [0.25, 0.3) is 0 Å². The number of nitrogens with two attached hydrogens (primary N) is 1. The monoisotopic (exact) mass is 318 g/mol. The van der Waals surface area contributed by atoms with Gasteiger partial charge in [-0.1, -0.05) is 12.2 Å². The molecule has 3 nitrogen and oxygen atoms in total. The van der Waals surface area contributed by atoms with E-state index in [9.17, 15) is 18.3 Å². The average molecular weight is 318 g/mol. The van der Waals surface area contributed by atoms with Crippen LogP contribution in [0.15, 0.2) is 18.2 Å². The van der Waals surface area contributed by atoms with E-state index in [-0.39, 0.29) is 22.7 Å². The minimum atomic E-state index is -4.48. The summed E-state index contributed by atoms with van der Waals surface area (Å²) in [5.41, 5.74) is 4.98. The van der Waals surface area contributed by atoms with Gasteiger partial charge in [0, 0.05) is 17.3 Å². The third-order valence-corrected chi connectivity index (χ3v) is 3.88. The molecule has 0 bridgehead atoms. The molecule has 0 aromatic heterocycles. The van der Waals surface area contributed by atoms with Crippen LogP contribution in [0.25, 0.3) is 0 Å². The van der Waals surface area contributed by atoms with E-state index < -0.39 is 11.7 Å². The number of hydrogen-bond donors (Lipinski definition) is 3. The molecule has 1 aromatic rings. The summed E-state index contributed by atoms with van der Waals surface area (Å²) < 4.78 is 38.6. The Morgan fingerprint density at radius 1 is 1.24 bits per heavy atom. The van der Waals surface area contributed by atoms with Crippen molar-refractivity contribution in [2.24, 2.45) is 5.73 Å². The summed E-state index contributed by atoms with van der Waals surface area (Å²) in [5.74, 6) is 0. The molecule has 21 heavy (non-hydrogen) atoms. The first-order valence-electron chi connectivity index (χ1n) is 6.73. The molecule has 0 heterocycles. The molecule has 0 aliphatic heterocycles. The Labute approximate surface area is 126 Å². The topological polar surface area (TPSA) is 58.3 Å². The van der Waals surface area contributed by atoms with Gasteiger partial charge in [-0.3, -0.25) is 0 Å². The summed E-state index contributed by atoms with van der Waals surface area (Å²) in [6, 6.07) is 3.87. The number of aliphatic hydroxyl groups excluding tert-OH is 1. The zero-order valence-electron chi connectivity index (χ0n) is 11.3. The highest BCUT2D eigenvalue weighted by Gasteiger charge is 2.34. The lowest BCUT2D eigenvalue weighted by molar-refractivity contribution is -0.137. The van der Waals surface area contributed by atoms with Crippen LogP contribution in [0.3, 0.4) is 0 Å². The van der Waals surface area contributed by atoms with Crippen LogP contribution < -0.4 is 11.1 Å². The summed E-state index contributed by atoms with van der Waals surface area (Å²) in [6.45, 7) is 0. The maximum atomic E-state index is 12.9. The molecular formula is C14H17F3N2OS. The van der Waals surface area contributed by atoms with Crippen molar-refractivity contribution in [1.82, 2.24) is 0 Å². The van der Waals surface area contributed by atoms with E-state index in [1.54, 1.807) is 0 Å². The van der Waals surface area contributed by atoms with Crippen molar-refractivity contribution in [2.45, 2.75) is 44.0 Å². The minimum Gasteiger partial charge on any atom is -0.393 e. The highest BCUT2D eigenvalue weighted by molar-refractivity contribution is 7.80. The van der Waals surface area contributed by atoms with Crippen molar-refractivity contribution < 1.29 is 18.3 Å². The van der Waals surface area contributed by atoms with Gasteiger partial charge >= 0.3 is 6.18 Å². The first-order valence-corrected chi connectivity index (χ1v) is 7.14. The Morgan fingerprint density at radius 3 is 2.38 bits per heavy atom. The number of anilines is 1. The zero-order valence-corrected chi connectivity index (χ0v) is 12.1. The van der Waals surface area contributed by atoms with Crippen LogP contribution in [0.4, 0.5) is 18.9 Å². The number of nitrogens with one attached hydrogen (secondary N) is 1. The first kappa shape index (κ1) is 16.0. The predicted octanol–water partition coefficient (Wildman–Crippen LogP) is 3.06. The Morgan fingerprint density at radius 2 is 1.86 bits per heavy atom. The molecule has 2 rings (SSSR count). The summed E-state index contributed by atoms with van der Waals surface area (Å²) in [4.78, 5) is -0.273. The first-order chi connectivity index (χ1) is 9.77. The van der Waals surface area contributed by atoms with Crippen LogP contribution in [0.2, 0.25) is 0 Å². The van der Waals surface area contributed by atoms with Crippen LogP contribution in [0.1, 0.15) is 36.8 Å². The number of thiocarbonyl (C=S) groups is 1. The third-order valence-electron chi connectivity index (χ3n) is 3.66.